The van der Waals surface area contributed by atoms with Gasteiger partial charge in [0.2, 0.25) is 0 Å². The highest BCUT2D eigenvalue weighted by atomic mass is 16.5. The highest BCUT2D eigenvalue weighted by molar-refractivity contribution is 5.86. The summed E-state index contributed by atoms with van der Waals surface area (Å²) in [6, 6.07) is 0.670. The third-order valence-electron chi connectivity index (χ3n) is 5.06. The summed E-state index contributed by atoms with van der Waals surface area (Å²) < 4.78 is 7.47. The first kappa shape index (κ1) is 14.8. The Kier molecular flexibility index (Phi) is 3.90. The van der Waals surface area contributed by atoms with Gasteiger partial charge in [0.25, 0.3) is 0 Å². The van der Waals surface area contributed by atoms with Crippen LogP contribution in [0.15, 0.2) is 12.5 Å². The molecular formula is C16H24N6O. The Morgan fingerprint density at radius 2 is 2.00 bits per heavy atom. The summed E-state index contributed by atoms with van der Waals surface area (Å²) in [5, 5.41) is 5.36. The predicted octanol–water partition coefficient (Wildman–Crippen LogP) is 1.05. The van der Waals surface area contributed by atoms with Gasteiger partial charge in [0.15, 0.2) is 5.65 Å². The molecular weight excluding hydrogens is 292 g/mol. The van der Waals surface area contributed by atoms with Gasteiger partial charge in [0.1, 0.15) is 12.1 Å². The minimum absolute atomic E-state index is 0.360. The largest absolute Gasteiger partial charge is 0.376 e. The molecule has 7 heteroatoms. The summed E-state index contributed by atoms with van der Waals surface area (Å²) in [6.07, 6.45) is 6.24. The molecule has 2 aliphatic rings. The zero-order chi connectivity index (χ0) is 15.8. The van der Waals surface area contributed by atoms with E-state index in [0.717, 1.165) is 49.6 Å². The number of rotatable bonds is 2. The van der Waals surface area contributed by atoms with E-state index in [1.807, 2.05) is 17.9 Å². The molecule has 124 valence electrons. The molecule has 0 aromatic carbocycles. The number of nitrogens with zero attached hydrogens (tertiary/aromatic N) is 6. The van der Waals surface area contributed by atoms with E-state index in [1.54, 1.807) is 6.33 Å². The van der Waals surface area contributed by atoms with Gasteiger partial charge in [-0.1, -0.05) is 0 Å². The van der Waals surface area contributed by atoms with Gasteiger partial charge < -0.3 is 9.64 Å². The minimum atomic E-state index is 0.360. The molecule has 2 aromatic rings. The van der Waals surface area contributed by atoms with Crippen molar-refractivity contribution in [2.75, 3.05) is 37.7 Å². The number of hydrogen-bond acceptors (Lipinski definition) is 6. The monoisotopic (exact) mass is 316 g/mol. The van der Waals surface area contributed by atoms with E-state index in [-0.39, 0.29) is 0 Å². The molecule has 0 radical (unpaired) electrons. The van der Waals surface area contributed by atoms with Crippen LogP contribution in [0.4, 0.5) is 5.82 Å². The third kappa shape index (κ3) is 2.79. The SMILES string of the molecule is C[C@H]1CN(C2CCN(c3ncnc4c3cnn4C)CC2)CCO1. The average Bonchev–Trinajstić information content (AvgIpc) is 2.97. The normalized spacial score (nSPS) is 24.4. The van der Waals surface area contributed by atoms with Crippen molar-refractivity contribution in [2.24, 2.45) is 7.05 Å². The molecule has 2 fully saturated rings. The fourth-order valence-electron chi connectivity index (χ4n) is 3.82. The Morgan fingerprint density at radius 1 is 1.17 bits per heavy atom. The van der Waals surface area contributed by atoms with Gasteiger partial charge in [0.05, 0.1) is 24.3 Å². The van der Waals surface area contributed by atoms with E-state index in [9.17, 15) is 0 Å². The van der Waals surface area contributed by atoms with Gasteiger partial charge in [-0.3, -0.25) is 9.58 Å². The van der Waals surface area contributed by atoms with E-state index >= 15 is 0 Å². The quantitative estimate of drug-likeness (QED) is 0.825. The van der Waals surface area contributed by atoms with Crippen LogP contribution in [-0.4, -0.2) is 69.6 Å². The lowest BCUT2D eigenvalue weighted by atomic mass is 10.0. The zero-order valence-corrected chi connectivity index (χ0v) is 13.9. The van der Waals surface area contributed by atoms with Crippen molar-refractivity contribution in [3.8, 4) is 0 Å². The van der Waals surface area contributed by atoms with Gasteiger partial charge in [-0.05, 0) is 19.8 Å². The van der Waals surface area contributed by atoms with E-state index < -0.39 is 0 Å². The van der Waals surface area contributed by atoms with E-state index in [2.05, 4.69) is 31.8 Å². The molecule has 4 heterocycles. The highest BCUT2D eigenvalue weighted by Gasteiger charge is 2.29. The number of morpholine rings is 1. The molecule has 0 spiro atoms. The van der Waals surface area contributed by atoms with Gasteiger partial charge in [-0.2, -0.15) is 5.10 Å². The van der Waals surface area contributed by atoms with Gasteiger partial charge in [0, 0.05) is 39.3 Å². The van der Waals surface area contributed by atoms with Crippen LogP contribution in [0.1, 0.15) is 19.8 Å². The van der Waals surface area contributed by atoms with Crippen molar-refractivity contribution >= 4 is 16.9 Å². The Labute approximate surface area is 136 Å². The maximum absolute atomic E-state index is 5.66. The standard InChI is InChI=1S/C16H24N6O/c1-12-10-22(7-8-23-12)13-3-5-21(6-4-13)16-14-9-19-20(2)15(14)17-11-18-16/h9,11-13H,3-8,10H2,1-2H3/t12-/m0/s1. The molecule has 0 amide bonds. The molecule has 0 saturated carbocycles. The van der Waals surface area contributed by atoms with Crippen LogP contribution in [0.2, 0.25) is 0 Å². The Bertz CT molecular complexity index is 678. The fraction of sp³-hybridized carbons (Fsp3) is 0.688. The van der Waals surface area contributed by atoms with Crippen molar-refractivity contribution < 1.29 is 4.74 Å². The molecule has 7 nitrogen and oxygen atoms in total. The second-order valence-electron chi connectivity index (χ2n) is 6.60. The van der Waals surface area contributed by atoms with Gasteiger partial charge in [-0.25, -0.2) is 9.97 Å². The molecule has 4 rings (SSSR count). The topological polar surface area (TPSA) is 59.3 Å². The second-order valence-corrected chi connectivity index (χ2v) is 6.60. The molecule has 1 atom stereocenters. The van der Waals surface area contributed by atoms with E-state index in [4.69, 9.17) is 4.74 Å². The molecule has 23 heavy (non-hydrogen) atoms. The van der Waals surface area contributed by atoms with Crippen LogP contribution < -0.4 is 4.90 Å². The number of piperidine rings is 1. The molecule has 2 aromatic heterocycles. The average molecular weight is 316 g/mol. The molecule has 2 saturated heterocycles. The first-order valence-corrected chi connectivity index (χ1v) is 8.45. The maximum atomic E-state index is 5.66. The maximum Gasteiger partial charge on any atom is 0.163 e. The lowest BCUT2D eigenvalue weighted by molar-refractivity contribution is -0.0373. The number of hydrogen-bond donors (Lipinski definition) is 0. The van der Waals surface area contributed by atoms with Crippen LogP contribution in [0.5, 0.6) is 0 Å². The van der Waals surface area contributed by atoms with Crippen LogP contribution in [0, 0.1) is 0 Å². The van der Waals surface area contributed by atoms with Crippen LogP contribution >= 0.6 is 0 Å². The van der Waals surface area contributed by atoms with Crippen molar-refractivity contribution in [3.63, 3.8) is 0 Å². The van der Waals surface area contributed by atoms with Crippen molar-refractivity contribution in [3.05, 3.63) is 12.5 Å². The minimum Gasteiger partial charge on any atom is -0.376 e. The lowest BCUT2D eigenvalue weighted by Gasteiger charge is -2.42. The lowest BCUT2D eigenvalue weighted by Crippen LogP contribution is -2.51. The van der Waals surface area contributed by atoms with E-state index in [1.165, 1.54) is 12.8 Å². The van der Waals surface area contributed by atoms with E-state index in [0.29, 0.717) is 12.1 Å². The van der Waals surface area contributed by atoms with Crippen molar-refractivity contribution in [1.82, 2.24) is 24.6 Å². The Morgan fingerprint density at radius 3 is 2.78 bits per heavy atom. The molecule has 2 aliphatic heterocycles. The number of aromatic nitrogens is 4. The van der Waals surface area contributed by atoms with Crippen LogP contribution in [0.3, 0.4) is 0 Å². The predicted molar refractivity (Wildman–Crippen MR) is 88.5 cm³/mol. The number of aryl methyl sites for hydroxylation is 1. The summed E-state index contributed by atoms with van der Waals surface area (Å²) in [6.45, 7) is 7.24. The van der Waals surface area contributed by atoms with Gasteiger partial charge in [-0.15, -0.1) is 0 Å². The Hall–Kier alpha value is -1.73. The van der Waals surface area contributed by atoms with Gasteiger partial charge >= 0.3 is 0 Å². The Balaban J connectivity index is 1.46. The molecule has 0 aliphatic carbocycles. The number of anilines is 1. The van der Waals surface area contributed by atoms with Crippen molar-refractivity contribution in [1.29, 1.82) is 0 Å². The highest BCUT2D eigenvalue weighted by Crippen LogP contribution is 2.27. The number of fused-ring (bicyclic) bond motifs is 1. The summed E-state index contributed by atoms with van der Waals surface area (Å²) in [5.74, 6) is 1.02. The third-order valence-corrected chi connectivity index (χ3v) is 5.06. The molecule has 0 N–H and O–H groups in total. The smallest absolute Gasteiger partial charge is 0.163 e. The van der Waals surface area contributed by atoms with Crippen LogP contribution in [-0.2, 0) is 11.8 Å². The first-order chi connectivity index (χ1) is 11.2. The fourth-order valence-corrected chi connectivity index (χ4v) is 3.82. The number of ether oxygens (including phenoxy) is 1. The summed E-state index contributed by atoms with van der Waals surface area (Å²) in [5.41, 5.74) is 0.902. The molecule has 0 unspecified atom stereocenters. The second kappa shape index (κ2) is 6.05. The summed E-state index contributed by atoms with van der Waals surface area (Å²) in [7, 11) is 1.92. The first-order valence-electron chi connectivity index (χ1n) is 8.45. The summed E-state index contributed by atoms with van der Waals surface area (Å²) >= 11 is 0. The van der Waals surface area contributed by atoms with Crippen molar-refractivity contribution in [2.45, 2.75) is 31.9 Å². The summed E-state index contributed by atoms with van der Waals surface area (Å²) in [4.78, 5) is 13.8. The zero-order valence-electron chi connectivity index (χ0n) is 13.9. The van der Waals surface area contributed by atoms with Crippen LogP contribution in [0.25, 0.3) is 11.0 Å². The molecule has 0 bridgehead atoms.